The zero-order valence-corrected chi connectivity index (χ0v) is 8.94. The smallest absolute Gasteiger partial charge is 0.161 e. The van der Waals surface area contributed by atoms with E-state index in [-0.39, 0.29) is 5.75 Å². The van der Waals surface area contributed by atoms with Gasteiger partial charge in [0.2, 0.25) is 0 Å². The summed E-state index contributed by atoms with van der Waals surface area (Å²) in [7, 11) is 0. The van der Waals surface area contributed by atoms with Gasteiger partial charge in [-0.1, -0.05) is 24.3 Å². The second kappa shape index (κ2) is 3.77. The molecule has 2 rings (SSSR count). The van der Waals surface area contributed by atoms with Crippen molar-refractivity contribution < 1.29 is 5.11 Å². The van der Waals surface area contributed by atoms with Crippen molar-refractivity contribution >= 4 is 0 Å². The molecule has 0 saturated carbocycles. The quantitative estimate of drug-likeness (QED) is 0.812. The van der Waals surface area contributed by atoms with Crippen LogP contribution in [-0.4, -0.2) is 14.9 Å². The first-order chi connectivity index (χ1) is 7.22. The Hall–Kier alpha value is -1.77. The second-order valence-corrected chi connectivity index (χ2v) is 3.53. The zero-order valence-electron chi connectivity index (χ0n) is 8.94. The van der Waals surface area contributed by atoms with Crippen molar-refractivity contribution in [2.24, 2.45) is 0 Å². The maximum Gasteiger partial charge on any atom is 0.161 e. The SMILES string of the molecule is CCn1cc(O)c(-c2ccccc2C)n1. The molecule has 0 fully saturated rings. The molecule has 0 atom stereocenters. The van der Waals surface area contributed by atoms with Gasteiger partial charge in [0.05, 0.1) is 6.20 Å². The summed E-state index contributed by atoms with van der Waals surface area (Å²) in [6.07, 6.45) is 1.65. The van der Waals surface area contributed by atoms with Crippen LogP contribution >= 0.6 is 0 Å². The molecular weight excluding hydrogens is 188 g/mol. The number of benzene rings is 1. The fraction of sp³-hybridized carbons (Fsp3) is 0.250. The molecule has 2 aromatic rings. The van der Waals surface area contributed by atoms with Crippen LogP contribution in [0.15, 0.2) is 30.5 Å². The number of aromatic hydroxyl groups is 1. The molecule has 0 unspecified atom stereocenters. The van der Waals surface area contributed by atoms with Gasteiger partial charge >= 0.3 is 0 Å². The summed E-state index contributed by atoms with van der Waals surface area (Å²) in [4.78, 5) is 0. The molecule has 3 nitrogen and oxygen atoms in total. The molecule has 0 aliphatic heterocycles. The van der Waals surface area contributed by atoms with Crippen molar-refractivity contribution in [1.82, 2.24) is 9.78 Å². The average Bonchev–Trinajstić information content (AvgIpc) is 2.60. The predicted octanol–water partition coefficient (Wildman–Crippen LogP) is 2.58. The van der Waals surface area contributed by atoms with Gasteiger partial charge < -0.3 is 5.11 Å². The lowest BCUT2D eigenvalue weighted by Crippen LogP contribution is -1.94. The van der Waals surface area contributed by atoms with Gasteiger partial charge in [0.25, 0.3) is 0 Å². The molecule has 0 amide bonds. The standard InChI is InChI=1S/C12H14N2O/c1-3-14-8-11(15)12(13-14)10-7-5-4-6-9(10)2/h4-8,15H,3H2,1-2H3. The van der Waals surface area contributed by atoms with Crippen molar-refractivity contribution in [3.63, 3.8) is 0 Å². The van der Waals surface area contributed by atoms with E-state index in [1.54, 1.807) is 10.9 Å². The van der Waals surface area contributed by atoms with Gasteiger partial charge in [-0.25, -0.2) is 0 Å². The Bertz CT molecular complexity index is 474. The first-order valence-electron chi connectivity index (χ1n) is 5.04. The summed E-state index contributed by atoms with van der Waals surface area (Å²) < 4.78 is 1.73. The van der Waals surface area contributed by atoms with Crippen LogP contribution < -0.4 is 0 Å². The number of hydrogen-bond donors (Lipinski definition) is 1. The molecule has 1 aromatic carbocycles. The highest BCUT2D eigenvalue weighted by molar-refractivity contribution is 5.68. The van der Waals surface area contributed by atoms with Crippen LogP contribution in [0.25, 0.3) is 11.3 Å². The van der Waals surface area contributed by atoms with E-state index in [9.17, 15) is 5.11 Å². The van der Waals surface area contributed by atoms with E-state index >= 15 is 0 Å². The number of aromatic nitrogens is 2. The predicted molar refractivity (Wildman–Crippen MR) is 59.7 cm³/mol. The Morgan fingerprint density at radius 2 is 2.07 bits per heavy atom. The maximum absolute atomic E-state index is 9.76. The van der Waals surface area contributed by atoms with E-state index in [1.807, 2.05) is 38.1 Å². The monoisotopic (exact) mass is 202 g/mol. The van der Waals surface area contributed by atoms with E-state index in [2.05, 4.69) is 5.10 Å². The molecule has 0 aliphatic carbocycles. The van der Waals surface area contributed by atoms with Crippen LogP contribution in [0.4, 0.5) is 0 Å². The average molecular weight is 202 g/mol. The largest absolute Gasteiger partial charge is 0.504 e. The van der Waals surface area contributed by atoms with Gasteiger partial charge in [-0.3, -0.25) is 4.68 Å². The first kappa shape index (κ1) is 9.77. The highest BCUT2D eigenvalue weighted by atomic mass is 16.3. The maximum atomic E-state index is 9.76. The number of aryl methyl sites for hydroxylation is 2. The van der Waals surface area contributed by atoms with E-state index in [0.29, 0.717) is 5.69 Å². The Balaban J connectivity index is 2.54. The van der Waals surface area contributed by atoms with E-state index in [1.165, 1.54) is 0 Å². The van der Waals surface area contributed by atoms with E-state index < -0.39 is 0 Å². The molecule has 1 aromatic heterocycles. The minimum atomic E-state index is 0.242. The number of nitrogens with zero attached hydrogens (tertiary/aromatic N) is 2. The highest BCUT2D eigenvalue weighted by Crippen LogP contribution is 2.29. The molecule has 0 saturated heterocycles. The highest BCUT2D eigenvalue weighted by Gasteiger charge is 2.10. The molecule has 0 spiro atoms. The minimum absolute atomic E-state index is 0.242. The third kappa shape index (κ3) is 1.73. The van der Waals surface area contributed by atoms with Crippen LogP contribution in [0, 0.1) is 6.92 Å². The van der Waals surface area contributed by atoms with Crippen molar-refractivity contribution in [3.8, 4) is 17.0 Å². The topological polar surface area (TPSA) is 38.0 Å². The molecule has 1 N–H and O–H groups in total. The van der Waals surface area contributed by atoms with E-state index in [4.69, 9.17) is 0 Å². The molecule has 1 heterocycles. The summed E-state index contributed by atoms with van der Waals surface area (Å²) in [5, 5.41) is 14.1. The summed E-state index contributed by atoms with van der Waals surface area (Å²) in [6, 6.07) is 7.91. The van der Waals surface area contributed by atoms with Gasteiger partial charge in [-0.05, 0) is 19.4 Å². The lowest BCUT2D eigenvalue weighted by atomic mass is 10.1. The molecule has 78 valence electrons. The number of rotatable bonds is 2. The van der Waals surface area contributed by atoms with Gasteiger partial charge in [0, 0.05) is 12.1 Å². The van der Waals surface area contributed by atoms with Gasteiger partial charge in [-0.15, -0.1) is 0 Å². The molecular formula is C12H14N2O. The lowest BCUT2D eigenvalue weighted by Gasteiger charge is -2.01. The van der Waals surface area contributed by atoms with Crippen LogP contribution in [0.5, 0.6) is 5.75 Å². The van der Waals surface area contributed by atoms with Crippen molar-refractivity contribution in [2.45, 2.75) is 20.4 Å². The van der Waals surface area contributed by atoms with Crippen LogP contribution in [-0.2, 0) is 6.54 Å². The van der Waals surface area contributed by atoms with Crippen molar-refractivity contribution in [2.75, 3.05) is 0 Å². The second-order valence-electron chi connectivity index (χ2n) is 3.53. The first-order valence-corrected chi connectivity index (χ1v) is 5.04. The lowest BCUT2D eigenvalue weighted by molar-refractivity contribution is 0.475. The zero-order chi connectivity index (χ0) is 10.8. The van der Waals surface area contributed by atoms with Crippen molar-refractivity contribution in [3.05, 3.63) is 36.0 Å². The Morgan fingerprint density at radius 1 is 1.33 bits per heavy atom. The van der Waals surface area contributed by atoms with Gasteiger partial charge in [0.1, 0.15) is 5.69 Å². The summed E-state index contributed by atoms with van der Waals surface area (Å²) in [5.74, 6) is 0.242. The summed E-state index contributed by atoms with van der Waals surface area (Å²) >= 11 is 0. The number of hydrogen-bond acceptors (Lipinski definition) is 2. The van der Waals surface area contributed by atoms with Crippen LogP contribution in [0.1, 0.15) is 12.5 Å². The Kier molecular flexibility index (Phi) is 2.46. The van der Waals surface area contributed by atoms with Crippen LogP contribution in [0.2, 0.25) is 0 Å². The molecule has 0 radical (unpaired) electrons. The fourth-order valence-corrected chi connectivity index (χ4v) is 1.60. The third-order valence-corrected chi connectivity index (χ3v) is 2.47. The summed E-state index contributed by atoms with van der Waals surface area (Å²) in [6.45, 7) is 4.77. The molecule has 0 bridgehead atoms. The van der Waals surface area contributed by atoms with E-state index in [0.717, 1.165) is 17.7 Å². The molecule has 15 heavy (non-hydrogen) atoms. The minimum Gasteiger partial charge on any atom is -0.504 e. The molecule has 3 heteroatoms. The summed E-state index contributed by atoms with van der Waals surface area (Å²) in [5.41, 5.74) is 2.77. The van der Waals surface area contributed by atoms with Gasteiger partial charge in [-0.2, -0.15) is 5.10 Å². The normalized spacial score (nSPS) is 10.5. The fourth-order valence-electron chi connectivity index (χ4n) is 1.60. The Morgan fingerprint density at radius 3 is 2.67 bits per heavy atom. The molecule has 0 aliphatic rings. The Labute approximate surface area is 89.0 Å². The van der Waals surface area contributed by atoms with Crippen molar-refractivity contribution in [1.29, 1.82) is 0 Å². The van der Waals surface area contributed by atoms with Crippen LogP contribution in [0.3, 0.4) is 0 Å². The third-order valence-electron chi connectivity index (χ3n) is 2.47. The van der Waals surface area contributed by atoms with Gasteiger partial charge in [0.15, 0.2) is 5.75 Å².